The molecule has 1 rings (SSSR count). The number of hydrogen-bond acceptors (Lipinski definition) is 3. The van der Waals surface area contributed by atoms with E-state index >= 15 is 0 Å². The normalized spacial score (nSPS) is 14.0. The molecule has 5 heteroatoms. The second-order valence-electron chi connectivity index (χ2n) is 3.59. The Kier molecular flexibility index (Phi) is 6.33. The summed E-state index contributed by atoms with van der Waals surface area (Å²) in [4.78, 5) is 0. The number of rotatable bonds is 4. The quantitative estimate of drug-likeness (QED) is 0.766. The van der Waals surface area contributed by atoms with Gasteiger partial charge in [0, 0.05) is 0 Å². The van der Waals surface area contributed by atoms with E-state index in [0.29, 0.717) is 12.0 Å². The van der Waals surface area contributed by atoms with Gasteiger partial charge in [-0.2, -0.15) is 0 Å². The topological polar surface area (TPSA) is 66.5 Å². The first kappa shape index (κ1) is 15.2. The first-order valence-electron chi connectivity index (χ1n) is 4.98. The lowest BCUT2D eigenvalue weighted by atomic mass is 9.99. The minimum absolute atomic E-state index is 0. The molecule has 0 saturated heterocycles. The Morgan fingerprint density at radius 2 is 2.06 bits per heavy atom. The second kappa shape index (κ2) is 6.68. The van der Waals surface area contributed by atoms with E-state index in [9.17, 15) is 9.50 Å². The van der Waals surface area contributed by atoms with Crippen LogP contribution in [-0.4, -0.2) is 16.3 Å². The molecule has 3 nitrogen and oxygen atoms in total. The summed E-state index contributed by atoms with van der Waals surface area (Å²) in [5, 5.41) is 18.6. The Balaban J connectivity index is 0.00000225. The lowest BCUT2D eigenvalue weighted by Gasteiger charge is -2.18. The fourth-order valence-corrected chi connectivity index (χ4v) is 1.43. The molecule has 0 amide bonds. The smallest absolute Gasteiger partial charge is 0.165 e. The van der Waals surface area contributed by atoms with E-state index < -0.39 is 23.7 Å². The summed E-state index contributed by atoms with van der Waals surface area (Å²) in [7, 11) is 0. The standard InChI is InChI=1S/C11H16FNO2.ClH/c1-2-3-10(15)11(13)7-4-5-9(14)8(12)6-7;/h4-6,10-11,14-15H,2-3,13H2,1H3;1H/t10-,11+;/m0./s1. The number of phenols is 1. The van der Waals surface area contributed by atoms with Gasteiger partial charge in [0.15, 0.2) is 11.6 Å². The highest BCUT2D eigenvalue weighted by Gasteiger charge is 2.17. The maximum Gasteiger partial charge on any atom is 0.165 e. The van der Waals surface area contributed by atoms with E-state index in [2.05, 4.69) is 0 Å². The molecule has 0 spiro atoms. The summed E-state index contributed by atoms with van der Waals surface area (Å²) < 4.78 is 13.0. The highest BCUT2D eigenvalue weighted by molar-refractivity contribution is 5.85. The number of benzene rings is 1. The van der Waals surface area contributed by atoms with Crippen molar-refractivity contribution in [2.45, 2.75) is 31.9 Å². The van der Waals surface area contributed by atoms with Crippen molar-refractivity contribution in [3.63, 3.8) is 0 Å². The average molecular weight is 250 g/mol. The molecular weight excluding hydrogens is 233 g/mol. The third-order valence-electron chi connectivity index (χ3n) is 2.36. The lowest BCUT2D eigenvalue weighted by Crippen LogP contribution is -2.26. The van der Waals surface area contributed by atoms with E-state index in [1.54, 1.807) is 0 Å². The Labute approximate surface area is 101 Å². The van der Waals surface area contributed by atoms with Crippen LogP contribution in [0.5, 0.6) is 5.75 Å². The predicted octanol–water partition coefficient (Wildman–Crippen LogP) is 2.11. The molecule has 0 bridgehead atoms. The number of phenolic OH excluding ortho intramolecular Hbond substituents is 1. The minimum atomic E-state index is -0.716. The first-order chi connectivity index (χ1) is 7.06. The van der Waals surface area contributed by atoms with Gasteiger partial charge < -0.3 is 15.9 Å². The second-order valence-corrected chi connectivity index (χ2v) is 3.59. The summed E-state index contributed by atoms with van der Waals surface area (Å²) in [6.45, 7) is 1.94. The van der Waals surface area contributed by atoms with Crippen molar-refractivity contribution < 1.29 is 14.6 Å². The fourth-order valence-electron chi connectivity index (χ4n) is 1.43. The van der Waals surface area contributed by atoms with Crippen molar-refractivity contribution >= 4 is 12.4 Å². The number of aliphatic hydroxyl groups excluding tert-OH is 1. The first-order valence-corrected chi connectivity index (χ1v) is 4.98. The summed E-state index contributed by atoms with van der Waals surface area (Å²) in [6.07, 6.45) is 0.706. The Bertz CT molecular complexity index is 336. The molecule has 0 fully saturated rings. The van der Waals surface area contributed by atoms with Crippen LogP contribution in [0.1, 0.15) is 31.4 Å². The summed E-state index contributed by atoms with van der Waals surface area (Å²) in [5.41, 5.74) is 6.24. The Morgan fingerprint density at radius 1 is 1.44 bits per heavy atom. The fraction of sp³-hybridized carbons (Fsp3) is 0.455. The van der Waals surface area contributed by atoms with E-state index in [-0.39, 0.29) is 12.4 Å². The molecule has 0 heterocycles. The molecule has 0 radical (unpaired) electrons. The Morgan fingerprint density at radius 3 is 2.56 bits per heavy atom. The van der Waals surface area contributed by atoms with Crippen LogP contribution < -0.4 is 5.73 Å². The van der Waals surface area contributed by atoms with Crippen LogP contribution >= 0.6 is 12.4 Å². The summed E-state index contributed by atoms with van der Waals surface area (Å²) in [5.74, 6) is -1.12. The molecule has 0 unspecified atom stereocenters. The van der Waals surface area contributed by atoms with Gasteiger partial charge in [-0.15, -0.1) is 12.4 Å². The molecule has 0 aliphatic rings. The van der Waals surface area contributed by atoms with Crippen LogP contribution in [0.3, 0.4) is 0 Å². The van der Waals surface area contributed by atoms with E-state index in [4.69, 9.17) is 10.8 Å². The van der Waals surface area contributed by atoms with Gasteiger partial charge in [-0.05, 0) is 24.1 Å². The molecule has 4 N–H and O–H groups in total. The SMILES string of the molecule is CCC[C@H](O)[C@H](N)c1ccc(O)c(F)c1.Cl. The van der Waals surface area contributed by atoms with Crippen molar-refractivity contribution in [1.29, 1.82) is 0 Å². The van der Waals surface area contributed by atoms with Gasteiger partial charge >= 0.3 is 0 Å². The molecule has 92 valence electrons. The van der Waals surface area contributed by atoms with Crippen LogP contribution in [0.4, 0.5) is 4.39 Å². The maximum absolute atomic E-state index is 13.0. The van der Waals surface area contributed by atoms with E-state index in [0.717, 1.165) is 12.5 Å². The van der Waals surface area contributed by atoms with Crippen molar-refractivity contribution in [2.24, 2.45) is 5.73 Å². The molecule has 1 aromatic rings. The number of aliphatic hydroxyl groups is 1. The molecule has 16 heavy (non-hydrogen) atoms. The monoisotopic (exact) mass is 249 g/mol. The van der Waals surface area contributed by atoms with Gasteiger partial charge in [0.2, 0.25) is 0 Å². The Hall–Kier alpha value is -0.840. The van der Waals surface area contributed by atoms with Gasteiger partial charge in [0.25, 0.3) is 0 Å². The van der Waals surface area contributed by atoms with Gasteiger partial charge in [-0.1, -0.05) is 19.4 Å². The van der Waals surface area contributed by atoms with Crippen LogP contribution in [0, 0.1) is 5.82 Å². The van der Waals surface area contributed by atoms with E-state index in [1.807, 2.05) is 6.92 Å². The van der Waals surface area contributed by atoms with Crippen LogP contribution in [-0.2, 0) is 0 Å². The third-order valence-corrected chi connectivity index (χ3v) is 2.36. The molecule has 0 saturated carbocycles. The summed E-state index contributed by atoms with van der Waals surface area (Å²) >= 11 is 0. The molecule has 0 aliphatic carbocycles. The highest BCUT2D eigenvalue weighted by atomic mass is 35.5. The molecule has 2 atom stereocenters. The zero-order valence-electron chi connectivity index (χ0n) is 9.06. The van der Waals surface area contributed by atoms with Crippen molar-refractivity contribution in [2.75, 3.05) is 0 Å². The van der Waals surface area contributed by atoms with Crippen molar-refractivity contribution in [3.05, 3.63) is 29.6 Å². The average Bonchev–Trinajstić information content (AvgIpc) is 2.21. The molecular formula is C11H17ClFNO2. The number of hydrogen-bond donors (Lipinski definition) is 3. The van der Waals surface area contributed by atoms with Crippen molar-refractivity contribution in [3.8, 4) is 5.75 Å². The summed E-state index contributed by atoms with van der Waals surface area (Å²) in [6, 6.07) is 3.30. The van der Waals surface area contributed by atoms with Crippen LogP contribution in [0.2, 0.25) is 0 Å². The van der Waals surface area contributed by atoms with Gasteiger partial charge in [0.05, 0.1) is 12.1 Å². The predicted molar refractivity (Wildman–Crippen MR) is 63.2 cm³/mol. The zero-order chi connectivity index (χ0) is 11.4. The lowest BCUT2D eigenvalue weighted by molar-refractivity contribution is 0.134. The van der Waals surface area contributed by atoms with Gasteiger partial charge in [-0.25, -0.2) is 4.39 Å². The number of halogens is 2. The maximum atomic E-state index is 13.0. The number of nitrogens with two attached hydrogens (primary N) is 1. The van der Waals surface area contributed by atoms with Crippen molar-refractivity contribution in [1.82, 2.24) is 0 Å². The van der Waals surface area contributed by atoms with Gasteiger partial charge in [0.1, 0.15) is 0 Å². The minimum Gasteiger partial charge on any atom is -0.505 e. The molecule has 0 aromatic heterocycles. The highest BCUT2D eigenvalue weighted by Crippen LogP contribution is 2.22. The number of aromatic hydroxyl groups is 1. The van der Waals surface area contributed by atoms with Crippen LogP contribution in [0.25, 0.3) is 0 Å². The van der Waals surface area contributed by atoms with Gasteiger partial charge in [-0.3, -0.25) is 0 Å². The largest absolute Gasteiger partial charge is 0.505 e. The third kappa shape index (κ3) is 3.63. The van der Waals surface area contributed by atoms with Crippen LogP contribution in [0.15, 0.2) is 18.2 Å². The van der Waals surface area contributed by atoms with E-state index in [1.165, 1.54) is 12.1 Å². The molecule has 0 aliphatic heterocycles. The molecule has 1 aromatic carbocycles. The zero-order valence-corrected chi connectivity index (χ0v) is 9.88.